The normalized spacial score (nSPS) is 14.2. The summed E-state index contributed by atoms with van der Waals surface area (Å²) in [6.45, 7) is 8.31. The van der Waals surface area contributed by atoms with E-state index in [9.17, 15) is 14.4 Å². The number of hydrogen-bond acceptors (Lipinski definition) is 4. The Morgan fingerprint density at radius 2 is 1.50 bits per heavy atom. The number of nitrogens with zero attached hydrogens (tertiary/aromatic N) is 2. The Morgan fingerprint density at radius 3 is 2.09 bits per heavy atom. The number of amides is 3. The first kappa shape index (κ1) is 23.8. The van der Waals surface area contributed by atoms with E-state index in [0.717, 1.165) is 22.4 Å². The second-order valence-electron chi connectivity index (χ2n) is 8.17. The van der Waals surface area contributed by atoms with Crippen molar-refractivity contribution < 1.29 is 14.4 Å². The first-order chi connectivity index (χ1) is 15.2. The molecule has 3 amide bonds. The molecule has 7 nitrogen and oxygen atoms in total. The van der Waals surface area contributed by atoms with Gasteiger partial charge >= 0.3 is 0 Å². The Kier molecular flexibility index (Phi) is 7.88. The van der Waals surface area contributed by atoms with Crippen LogP contribution in [0.3, 0.4) is 0 Å². The van der Waals surface area contributed by atoms with E-state index in [4.69, 9.17) is 11.6 Å². The molecule has 0 atom stereocenters. The van der Waals surface area contributed by atoms with Crippen LogP contribution in [0.1, 0.15) is 27.0 Å². The second kappa shape index (κ2) is 10.6. The molecule has 0 spiro atoms. The van der Waals surface area contributed by atoms with Crippen molar-refractivity contribution in [2.75, 3.05) is 44.6 Å². The summed E-state index contributed by atoms with van der Waals surface area (Å²) in [6, 6.07) is 10.9. The van der Waals surface area contributed by atoms with Crippen molar-refractivity contribution in [3.05, 3.63) is 63.7 Å². The Hall–Kier alpha value is -2.90. The summed E-state index contributed by atoms with van der Waals surface area (Å²) in [7, 11) is 0. The number of benzene rings is 2. The molecule has 2 aromatic rings. The van der Waals surface area contributed by atoms with Gasteiger partial charge in [-0.25, -0.2) is 0 Å². The van der Waals surface area contributed by atoms with Gasteiger partial charge in [0.05, 0.1) is 13.1 Å². The topological polar surface area (TPSA) is 81.8 Å². The molecule has 170 valence electrons. The largest absolute Gasteiger partial charge is 0.346 e. The van der Waals surface area contributed by atoms with Gasteiger partial charge in [-0.2, -0.15) is 0 Å². The van der Waals surface area contributed by atoms with Crippen LogP contribution in [0.25, 0.3) is 0 Å². The van der Waals surface area contributed by atoms with Gasteiger partial charge in [0.2, 0.25) is 11.8 Å². The maximum atomic E-state index is 12.6. The summed E-state index contributed by atoms with van der Waals surface area (Å²) in [6.07, 6.45) is 0. The van der Waals surface area contributed by atoms with Gasteiger partial charge in [0.1, 0.15) is 0 Å². The van der Waals surface area contributed by atoms with Gasteiger partial charge in [-0.1, -0.05) is 29.3 Å². The van der Waals surface area contributed by atoms with Crippen molar-refractivity contribution in [3.8, 4) is 0 Å². The zero-order valence-corrected chi connectivity index (χ0v) is 19.5. The van der Waals surface area contributed by atoms with E-state index in [1.54, 1.807) is 29.2 Å². The van der Waals surface area contributed by atoms with Crippen LogP contribution in [0.2, 0.25) is 5.02 Å². The average molecular weight is 457 g/mol. The highest BCUT2D eigenvalue weighted by molar-refractivity contribution is 6.30. The van der Waals surface area contributed by atoms with E-state index in [1.807, 2.05) is 37.8 Å². The van der Waals surface area contributed by atoms with Gasteiger partial charge in [0.15, 0.2) is 0 Å². The molecule has 1 saturated heterocycles. The van der Waals surface area contributed by atoms with Crippen molar-refractivity contribution in [1.82, 2.24) is 15.1 Å². The van der Waals surface area contributed by atoms with Crippen LogP contribution < -0.4 is 10.6 Å². The molecule has 2 aromatic carbocycles. The van der Waals surface area contributed by atoms with Crippen LogP contribution in [0.15, 0.2) is 36.4 Å². The minimum Gasteiger partial charge on any atom is -0.346 e. The van der Waals surface area contributed by atoms with Crippen LogP contribution in [0, 0.1) is 20.8 Å². The fourth-order valence-corrected chi connectivity index (χ4v) is 4.01. The van der Waals surface area contributed by atoms with E-state index < -0.39 is 0 Å². The molecule has 1 aliphatic rings. The molecule has 0 unspecified atom stereocenters. The number of aryl methyl sites for hydroxylation is 3. The third-order valence-corrected chi connectivity index (χ3v) is 5.76. The molecule has 1 heterocycles. The molecule has 0 saturated carbocycles. The smallest absolute Gasteiger partial charge is 0.253 e. The summed E-state index contributed by atoms with van der Waals surface area (Å²) in [4.78, 5) is 40.9. The second-order valence-corrected chi connectivity index (χ2v) is 8.61. The number of nitrogens with one attached hydrogen (secondary N) is 2. The zero-order valence-electron chi connectivity index (χ0n) is 18.7. The molecule has 0 aliphatic carbocycles. The van der Waals surface area contributed by atoms with Crippen LogP contribution in [0.4, 0.5) is 5.69 Å². The molecule has 1 aliphatic heterocycles. The van der Waals surface area contributed by atoms with Crippen molar-refractivity contribution >= 4 is 35.0 Å². The molecular formula is C24H29ClN4O3. The standard InChI is InChI=1S/C24H29ClN4O3/c1-16-12-17(2)23(18(3)13-16)27-21(30)14-26-22(31)15-28-8-10-29(11-9-28)24(32)19-4-6-20(25)7-5-19/h4-7,12-13H,8-11,14-15H2,1-3H3,(H,26,31)(H,27,30). The minimum absolute atomic E-state index is 0.0378. The Morgan fingerprint density at radius 1 is 0.906 bits per heavy atom. The molecule has 32 heavy (non-hydrogen) atoms. The number of rotatable bonds is 6. The Labute approximate surface area is 193 Å². The van der Waals surface area contributed by atoms with Gasteiger partial charge in [0, 0.05) is 42.5 Å². The van der Waals surface area contributed by atoms with Crippen molar-refractivity contribution in [1.29, 1.82) is 0 Å². The highest BCUT2D eigenvalue weighted by atomic mass is 35.5. The minimum atomic E-state index is -0.258. The summed E-state index contributed by atoms with van der Waals surface area (Å²) >= 11 is 5.88. The first-order valence-corrected chi connectivity index (χ1v) is 11.0. The molecule has 2 N–H and O–H groups in total. The quantitative estimate of drug-likeness (QED) is 0.700. The van der Waals surface area contributed by atoms with Crippen molar-refractivity contribution in [2.45, 2.75) is 20.8 Å². The number of hydrogen-bond donors (Lipinski definition) is 2. The molecule has 1 fully saturated rings. The highest BCUT2D eigenvalue weighted by Crippen LogP contribution is 2.21. The molecule has 8 heteroatoms. The predicted molar refractivity (Wildman–Crippen MR) is 126 cm³/mol. The molecule has 0 bridgehead atoms. The van der Waals surface area contributed by atoms with E-state index in [2.05, 4.69) is 10.6 Å². The van der Waals surface area contributed by atoms with Crippen molar-refractivity contribution in [3.63, 3.8) is 0 Å². The van der Waals surface area contributed by atoms with E-state index >= 15 is 0 Å². The lowest BCUT2D eigenvalue weighted by atomic mass is 10.1. The molecule has 3 rings (SSSR count). The van der Waals surface area contributed by atoms with Crippen molar-refractivity contribution in [2.24, 2.45) is 0 Å². The van der Waals surface area contributed by atoms with Crippen LogP contribution in [-0.2, 0) is 9.59 Å². The maximum Gasteiger partial charge on any atom is 0.253 e. The number of carbonyl (C=O) groups is 3. The fourth-order valence-electron chi connectivity index (χ4n) is 3.88. The number of anilines is 1. The third-order valence-electron chi connectivity index (χ3n) is 5.51. The third kappa shape index (κ3) is 6.31. The lowest BCUT2D eigenvalue weighted by Crippen LogP contribution is -2.51. The maximum absolute atomic E-state index is 12.6. The summed E-state index contributed by atoms with van der Waals surface area (Å²) in [5.41, 5.74) is 4.52. The van der Waals surface area contributed by atoms with E-state index in [1.165, 1.54) is 0 Å². The van der Waals surface area contributed by atoms with Crippen LogP contribution in [-0.4, -0.2) is 66.8 Å². The van der Waals surface area contributed by atoms with E-state index in [-0.39, 0.29) is 30.8 Å². The first-order valence-electron chi connectivity index (χ1n) is 10.6. The monoisotopic (exact) mass is 456 g/mol. The van der Waals surface area contributed by atoms with Gasteiger partial charge in [-0.05, 0) is 56.2 Å². The van der Waals surface area contributed by atoms with Gasteiger partial charge in [-0.15, -0.1) is 0 Å². The number of halogens is 1. The van der Waals surface area contributed by atoms with Crippen LogP contribution >= 0.6 is 11.6 Å². The Balaban J connectivity index is 1.41. The van der Waals surface area contributed by atoms with E-state index in [0.29, 0.717) is 36.8 Å². The fraction of sp³-hybridized carbons (Fsp3) is 0.375. The number of carbonyl (C=O) groups excluding carboxylic acids is 3. The Bertz CT molecular complexity index is 976. The zero-order chi connectivity index (χ0) is 23.3. The van der Waals surface area contributed by atoms with Crippen LogP contribution in [0.5, 0.6) is 0 Å². The van der Waals surface area contributed by atoms with Gasteiger partial charge < -0.3 is 15.5 Å². The summed E-state index contributed by atoms with van der Waals surface area (Å²) < 4.78 is 0. The predicted octanol–water partition coefficient (Wildman–Crippen LogP) is 2.78. The number of piperazine rings is 1. The molecular weight excluding hydrogens is 428 g/mol. The SMILES string of the molecule is Cc1cc(C)c(NC(=O)CNC(=O)CN2CCN(C(=O)c3ccc(Cl)cc3)CC2)c(C)c1. The summed E-state index contributed by atoms with van der Waals surface area (Å²) in [5.74, 6) is -0.508. The van der Waals surface area contributed by atoms with Gasteiger partial charge in [0.25, 0.3) is 5.91 Å². The lowest BCUT2D eigenvalue weighted by molar-refractivity contribution is -0.125. The molecule has 0 aromatic heterocycles. The average Bonchev–Trinajstić information content (AvgIpc) is 2.75. The van der Waals surface area contributed by atoms with Gasteiger partial charge in [-0.3, -0.25) is 19.3 Å². The lowest BCUT2D eigenvalue weighted by Gasteiger charge is -2.34. The summed E-state index contributed by atoms with van der Waals surface area (Å²) in [5, 5.41) is 6.15. The highest BCUT2D eigenvalue weighted by Gasteiger charge is 2.23. The molecule has 0 radical (unpaired) electrons.